The lowest BCUT2D eigenvalue weighted by molar-refractivity contribution is 0.358. The summed E-state index contributed by atoms with van der Waals surface area (Å²) in [5.41, 5.74) is 2.31. The predicted octanol–water partition coefficient (Wildman–Crippen LogP) is 0.458. The van der Waals surface area contributed by atoms with Gasteiger partial charge in [-0.15, -0.1) is 6.42 Å². The minimum Gasteiger partial charge on any atom is -0.491 e. The number of nitrogens with one attached hydrogen (secondary N) is 2. The van der Waals surface area contributed by atoms with Crippen LogP contribution in [-0.2, 0) is 23.0 Å². The van der Waals surface area contributed by atoms with Gasteiger partial charge in [0.2, 0.25) is 10.0 Å². The quantitative estimate of drug-likeness (QED) is 0.761. The van der Waals surface area contributed by atoms with Gasteiger partial charge in [-0.3, -0.25) is 0 Å². The molecule has 0 spiro atoms. The number of rotatable bonds is 2. The predicted molar refractivity (Wildman–Crippen MR) is 67.0 cm³/mol. The Hall–Kier alpha value is -1.71. The largest absolute Gasteiger partial charge is 0.491 e. The summed E-state index contributed by atoms with van der Waals surface area (Å²) in [5, 5.41) is 3.07. The van der Waals surface area contributed by atoms with E-state index in [4.69, 9.17) is 11.2 Å². The van der Waals surface area contributed by atoms with E-state index in [-0.39, 0.29) is 0 Å². The second-order valence-electron chi connectivity index (χ2n) is 4.20. The van der Waals surface area contributed by atoms with E-state index < -0.39 is 10.0 Å². The minimum atomic E-state index is -3.37. The summed E-state index contributed by atoms with van der Waals surface area (Å²) in [6.07, 6.45) is 5.83. The smallest absolute Gasteiger partial charge is 0.241 e. The fraction of sp³-hybridized carbons (Fsp3) is 0.333. The number of fused-ring (bicyclic) bond motifs is 3. The highest BCUT2D eigenvalue weighted by atomic mass is 32.2. The molecular formula is C12H12N2O3S. The second-order valence-corrected chi connectivity index (χ2v) is 5.90. The topological polar surface area (TPSA) is 67.4 Å². The van der Waals surface area contributed by atoms with Crippen LogP contribution in [0.4, 0.5) is 5.69 Å². The monoisotopic (exact) mass is 264 g/mol. The highest BCUT2D eigenvalue weighted by Crippen LogP contribution is 2.42. The molecule has 2 N–H and O–H groups in total. The maximum absolute atomic E-state index is 11.9. The van der Waals surface area contributed by atoms with Gasteiger partial charge in [0.05, 0.1) is 23.7 Å². The molecular weight excluding hydrogens is 252 g/mol. The van der Waals surface area contributed by atoms with Crippen molar-refractivity contribution in [3.05, 3.63) is 17.2 Å². The third-order valence-electron chi connectivity index (χ3n) is 3.10. The van der Waals surface area contributed by atoms with Crippen molar-refractivity contribution in [1.29, 1.82) is 0 Å². The first-order chi connectivity index (χ1) is 8.63. The summed E-state index contributed by atoms with van der Waals surface area (Å²) in [4.78, 5) is 0.390. The fourth-order valence-corrected chi connectivity index (χ4v) is 3.89. The van der Waals surface area contributed by atoms with Crippen molar-refractivity contribution >= 4 is 15.7 Å². The lowest BCUT2D eigenvalue weighted by Gasteiger charge is -2.11. The van der Waals surface area contributed by atoms with Crippen molar-refractivity contribution in [2.75, 3.05) is 18.5 Å². The van der Waals surface area contributed by atoms with Gasteiger partial charge >= 0.3 is 0 Å². The Bertz CT molecular complexity index is 659. The molecule has 0 aliphatic carbocycles. The van der Waals surface area contributed by atoms with E-state index in [1.54, 1.807) is 6.07 Å². The van der Waals surface area contributed by atoms with Crippen LogP contribution in [0.15, 0.2) is 11.0 Å². The molecule has 0 bridgehead atoms. The minimum absolute atomic E-state index is 0.329. The van der Waals surface area contributed by atoms with E-state index in [0.717, 1.165) is 16.8 Å². The summed E-state index contributed by atoms with van der Waals surface area (Å²) in [6.45, 7) is 1.22. The van der Waals surface area contributed by atoms with Crippen molar-refractivity contribution in [3.8, 4) is 18.1 Å². The van der Waals surface area contributed by atoms with Crippen LogP contribution in [0, 0.1) is 12.3 Å². The maximum atomic E-state index is 11.9. The van der Waals surface area contributed by atoms with Crippen molar-refractivity contribution < 1.29 is 13.2 Å². The van der Waals surface area contributed by atoms with Crippen molar-refractivity contribution in [2.24, 2.45) is 0 Å². The lowest BCUT2D eigenvalue weighted by Crippen LogP contribution is -2.14. The van der Waals surface area contributed by atoms with Gasteiger partial charge in [0, 0.05) is 18.5 Å². The Kier molecular flexibility index (Phi) is 2.47. The number of sulfonamides is 1. The van der Waals surface area contributed by atoms with Gasteiger partial charge in [-0.25, -0.2) is 13.1 Å². The molecule has 6 heteroatoms. The normalized spacial score (nSPS) is 18.6. The Balaban J connectivity index is 2.19. The highest BCUT2D eigenvalue weighted by molar-refractivity contribution is 7.89. The summed E-state index contributed by atoms with van der Waals surface area (Å²) in [5.74, 6) is 3.11. The Morgan fingerprint density at radius 1 is 1.56 bits per heavy atom. The van der Waals surface area contributed by atoms with E-state index in [1.807, 2.05) is 0 Å². The third-order valence-corrected chi connectivity index (χ3v) is 4.67. The third kappa shape index (κ3) is 1.55. The van der Waals surface area contributed by atoms with Crippen LogP contribution in [0.1, 0.15) is 11.1 Å². The van der Waals surface area contributed by atoms with Gasteiger partial charge in [-0.05, 0) is 11.6 Å². The molecule has 2 heterocycles. The molecule has 0 radical (unpaired) electrons. The Labute approximate surface area is 106 Å². The van der Waals surface area contributed by atoms with E-state index >= 15 is 0 Å². The average molecular weight is 264 g/mol. The van der Waals surface area contributed by atoms with Gasteiger partial charge in [-0.1, -0.05) is 5.92 Å². The van der Waals surface area contributed by atoms with Gasteiger partial charge in [0.15, 0.2) is 0 Å². The number of hydrogen-bond acceptors (Lipinski definition) is 4. The SMILES string of the molecule is C#CCNc1cc2c(c3c1OCC3)S(=O)(=O)NC2. The maximum Gasteiger partial charge on any atom is 0.241 e. The zero-order valence-electron chi connectivity index (χ0n) is 9.62. The average Bonchev–Trinajstić information content (AvgIpc) is 2.91. The molecule has 2 aliphatic heterocycles. The molecule has 1 aromatic rings. The number of terminal acetylenes is 1. The zero-order valence-corrected chi connectivity index (χ0v) is 10.4. The molecule has 1 aromatic carbocycles. The number of anilines is 1. The van der Waals surface area contributed by atoms with Crippen LogP contribution in [0.25, 0.3) is 0 Å². The van der Waals surface area contributed by atoms with Crippen molar-refractivity contribution in [3.63, 3.8) is 0 Å². The van der Waals surface area contributed by atoms with Gasteiger partial charge in [-0.2, -0.15) is 0 Å². The molecule has 0 amide bonds. The summed E-state index contributed by atoms with van der Waals surface area (Å²) >= 11 is 0. The van der Waals surface area contributed by atoms with Crippen LogP contribution in [0.2, 0.25) is 0 Å². The molecule has 0 unspecified atom stereocenters. The standard InChI is InChI=1S/C12H12N2O3S/c1-2-4-13-10-6-8-7-14-18(15,16)12(8)9-3-5-17-11(9)10/h1,6,13-14H,3-5,7H2. The number of benzene rings is 1. The molecule has 2 aliphatic rings. The first-order valence-electron chi connectivity index (χ1n) is 5.62. The van der Waals surface area contributed by atoms with Crippen LogP contribution in [-0.4, -0.2) is 21.6 Å². The van der Waals surface area contributed by atoms with Crippen LogP contribution >= 0.6 is 0 Å². The molecule has 0 saturated carbocycles. The van der Waals surface area contributed by atoms with Crippen LogP contribution < -0.4 is 14.8 Å². The summed E-state index contributed by atoms with van der Waals surface area (Å²) in [6, 6.07) is 1.80. The van der Waals surface area contributed by atoms with E-state index in [2.05, 4.69) is 16.0 Å². The molecule has 0 saturated heterocycles. The molecule has 94 valence electrons. The molecule has 0 aromatic heterocycles. The van der Waals surface area contributed by atoms with Gasteiger partial charge < -0.3 is 10.1 Å². The Morgan fingerprint density at radius 3 is 3.17 bits per heavy atom. The lowest BCUT2D eigenvalue weighted by atomic mass is 10.1. The summed E-state index contributed by atoms with van der Waals surface area (Å²) in [7, 11) is -3.37. The second kappa shape index (κ2) is 3.90. The number of ether oxygens (including phenoxy) is 1. The van der Waals surface area contributed by atoms with E-state index in [9.17, 15) is 8.42 Å². The first kappa shape index (κ1) is 11.4. The molecule has 5 nitrogen and oxygen atoms in total. The van der Waals surface area contributed by atoms with Crippen LogP contribution in [0.3, 0.4) is 0 Å². The van der Waals surface area contributed by atoms with Crippen molar-refractivity contribution in [2.45, 2.75) is 17.9 Å². The van der Waals surface area contributed by atoms with Crippen LogP contribution in [0.5, 0.6) is 5.75 Å². The van der Waals surface area contributed by atoms with Gasteiger partial charge in [0.25, 0.3) is 0 Å². The fourth-order valence-electron chi connectivity index (χ4n) is 2.40. The highest BCUT2D eigenvalue weighted by Gasteiger charge is 2.34. The number of hydrogen-bond donors (Lipinski definition) is 2. The summed E-state index contributed by atoms with van der Waals surface area (Å²) < 4.78 is 31.9. The molecule has 3 rings (SSSR count). The van der Waals surface area contributed by atoms with E-state index in [1.165, 1.54) is 0 Å². The molecule has 0 atom stereocenters. The van der Waals surface area contributed by atoms with Gasteiger partial charge in [0.1, 0.15) is 5.75 Å². The Morgan fingerprint density at radius 2 is 2.39 bits per heavy atom. The first-order valence-corrected chi connectivity index (χ1v) is 7.10. The molecule has 18 heavy (non-hydrogen) atoms. The molecule has 0 fully saturated rings. The van der Waals surface area contributed by atoms with Crippen molar-refractivity contribution in [1.82, 2.24) is 4.72 Å². The zero-order chi connectivity index (χ0) is 12.8. The van der Waals surface area contributed by atoms with E-state index in [0.29, 0.717) is 36.8 Å².